The number of rotatable bonds is 6. The van der Waals surface area contributed by atoms with Gasteiger partial charge in [0.1, 0.15) is 5.75 Å². The molecule has 1 aromatic carbocycles. The van der Waals surface area contributed by atoms with Crippen molar-refractivity contribution in [2.24, 2.45) is 0 Å². The lowest BCUT2D eigenvalue weighted by Gasteiger charge is -2.23. The molecule has 0 aromatic heterocycles. The third-order valence-corrected chi connectivity index (χ3v) is 2.24. The Hall–Kier alpha value is -1.02. The monoisotopic (exact) mass is 208 g/mol. The Bertz CT molecular complexity index is 264. The molecule has 0 spiro atoms. The van der Waals surface area contributed by atoms with Gasteiger partial charge in [-0.05, 0) is 25.0 Å². The molecule has 2 nitrogen and oxygen atoms in total. The Labute approximate surface area is 93.1 Å². The van der Waals surface area contributed by atoms with Crippen molar-refractivity contribution >= 4 is 0 Å². The van der Waals surface area contributed by atoms with E-state index in [0.717, 1.165) is 23.3 Å². The Balaban J connectivity index is 2.08. The lowest BCUT2D eigenvalue weighted by atomic mass is 10.3. The highest BCUT2D eigenvalue weighted by Gasteiger charge is 2.05. The Morgan fingerprint density at radius 2 is 1.67 bits per heavy atom. The first kappa shape index (κ1) is 12.1. The van der Waals surface area contributed by atoms with Gasteiger partial charge in [-0.25, -0.2) is 0 Å². The average Bonchev–Trinajstić information content (AvgIpc) is 2.17. The summed E-state index contributed by atoms with van der Waals surface area (Å²) in [5, 5.41) is 0. The lowest BCUT2D eigenvalue weighted by Crippen LogP contribution is -2.35. The van der Waals surface area contributed by atoms with Crippen LogP contribution in [-0.2, 0) is 0 Å². The number of unbranched alkanes of at least 4 members (excludes halogenated alkanes) is 1. The fourth-order valence-corrected chi connectivity index (χ4v) is 1.39. The normalized spacial score (nSPS) is 11.4. The van der Waals surface area contributed by atoms with Gasteiger partial charge in [0, 0.05) is 0 Å². The number of ether oxygens (including phenoxy) is 1. The van der Waals surface area contributed by atoms with Crippen LogP contribution in [0.25, 0.3) is 0 Å². The maximum absolute atomic E-state index is 5.61. The number of para-hydroxylation sites is 1. The van der Waals surface area contributed by atoms with Crippen molar-refractivity contribution in [1.82, 2.24) is 0 Å². The van der Waals surface area contributed by atoms with E-state index in [1.807, 2.05) is 30.3 Å². The molecule has 0 heterocycles. The second-order valence-corrected chi connectivity index (χ2v) is 4.88. The van der Waals surface area contributed by atoms with Crippen LogP contribution in [0.2, 0.25) is 0 Å². The molecule has 0 aliphatic heterocycles. The summed E-state index contributed by atoms with van der Waals surface area (Å²) in [5.41, 5.74) is 0. The Morgan fingerprint density at radius 3 is 2.27 bits per heavy atom. The first-order valence-electron chi connectivity index (χ1n) is 5.56. The predicted octanol–water partition coefficient (Wildman–Crippen LogP) is 2.55. The number of benzene rings is 1. The van der Waals surface area contributed by atoms with Gasteiger partial charge in [0.25, 0.3) is 0 Å². The van der Waals surface area contributed by atoms with E-state index in [-0.39, 0.29) is 0 Å². The molecule has 2 heteroatoms. The van der Waals surface area contributed by atoms with Crippen molar-refractivity contribution < 1.29 is 9.22 Å². The van der Waals surface area contributed by atoms with E-state index in [4.69, 9.17) is 4.74 Å². The quantitative estimate of drug-likeness (QED) is 0.515. The highest BCUT2D eigenvalue weighted by atomic mass is 16.5. The number of quaternary nitrogens is 1. The van der Waals surface area contributed by atoms with E-state index in [0.29, 0.717) is 0 Å². The molecule has 0 atom stereocenters. The summed E-state index contributed by atoms with van der Waals surface area (Å²) in [5.74, 6) is 0.975. The van der Waals surface area contributed by atoms with E-state index in [1.54, 1.807) is 0 Å². The van der Waals surface area contributed by atoms with Gasteiger partial charge >= 0.3 is 0 Å². The van der Waals surface area contributed by atoms with Crippen molar-refractivity contribution in [3.05, 3.63) is 30.3 Å². The van der Waals surface area contributed by atoms with Crippen LogP contribution in [0, 0.1) is 0 Å². The summed E-state index contributed by atoms with van der Waals surface area (Å²) < 4.78 is 6.65. The predicted molar refractivity (Wildman–Crippen MR) is 64.1 cm³/mol. The lowest BCUT2D eigenvalue weighted by molar-refractivity contribution is -0.870. The van der Waals surface area contributed by atoms with Crippen LogP contribution in [0.1, 0.15) is 12.8 Å². The molecule has 0 saturated heterocycles. The summed E-state index contributed by atoms with van der Waals surface area (Å²) in [4.78, 5) is 0. The first-order valence-corrected chi connectivity index (χ1v) is 5.56. The Kier molecular flexibility index (Phi) is 4.63. The van der Waals surface area contributed by atoms with Crippen LogP contribution in [0.5, 0.6) is 5.75 Å². The molecule has 1 aromatic rings. The van der Waals surface area contributed by atoms with Crippen molar-refractivity contribution in [2.45, 2.75) is 12.8 Å². The average molecular weight is 208 g/mol. The van der Waals surface area contributed by atoms with Crippen LogP contribution in [0.3, 0.4) is 0 Å². The third-order valence-electron chi connectivity index (χ3n) is 2.24. The van der Waals surface area contributed by atoms with E-state index in [2.05, 4.69) is 21.1 Å². The number of hydrogen-bond donors (Lipinski definition) is 0. The molecule has 0 fully saturated rings. The summed E-state index contributed by atoms with van der Waals surface area (Å²) in [6, 6.07) is 10.0. The van der Waals surface area contributed by atoms with Crippen LogP contribution in [0.15, 0.2) is 30.3 Å². The minimum Gasteiger partial charge on any atom is -0.494 e. The van der Waals surface area contributed by atoms with Gasteiger partial charge in [-0.1, -0.05) is 18.2 Å². The molecular weight excluding hydrogens is 186 g/mol. The number of hydrogen-bond acceptors (Lipinski definition) is 1. The molecule has 84 valence electrons. The van der Waals surface area contributed by atoms with Gasteiger partial charge in [0.05, 0.1) is 34.3 Å². The largest absolute Gasteiger partial charge is 0.494 e. The number of nitrogens with zero attached hydrogens (tertiary/aromatic N) is 1. The molecule has 0 aliphatic rings. The van der Waals surface area contributed by atoms with E-state index in [9.17, 15) is 0 Å². The molecule has 1 rings (SSSR count). The molecule has 0 saturated carbocycles. The minimum absolute atomic E-state index is 0.823. The van der Waals surface area contributed by atoms with Gasteiger partial charge in [-0.3, -0.25) is 0 Å². The summed E-state index contributed by atoms with van der Waals surface area (Å²) in [6.45, 7) is 2.03. The molecule has 0 amide bonds. The standard InChI is InChI=1S/C13H22NO/c1-14(2,3)11-7-8-12-15-13-9-5-4-6-10-13/h4-6,9-10H,7-8,11-12H2,1-3H3/q+1. The van der Waals surface area contributed by atoms with Crippen molar-refractivity contribution in [3.8, 4) is 5.75 Å². The first-order chi connectivity index (χ1) is 7.08. The van der Waals surface area contributed by atoms with Crippen LogP contribution in [-0.4, -0.2) is 38.8 Å². The molecule has 0 aliphatic carbocycles. The topological polar surface area (TPSA) is 9.23 Å². The fraction of sp³-hybridized carbons (Fsp3) is 0.538. The summed E-state index contributed by atoms with van der Waals surface area (Å²) >= 11 is 0. The van der Waals surface area contributed by atoms with Gasteiger partial charge < -0.3 is 9.22 Å². The smallest absolute Gasteiger partial charge is 0.119 e. The van der Waals surface area contributed by atoms with Crippen LogP contribution < -0.4 is 4.74 Å². The van der Waals surface area contributed by atoms with E-state index < -0.39 is 0 Å². The highest BCUT2D eigenvalue weighted by molar-refractivity contribution is 5.20. The Morgan fingerprint density at radius 1 is 1.00 bits per heavy atom. The highest BCUT2D eigenvalue weighted by Crippen LogP contribution is 2.09. The van der Waals surface area contributed by atoms with Gasteiger partial charge in [0.15, 0.2) is 0 Å². The maximum atomic E-state index is 5.61. The molecule has 0 N–H and O–H groups in total. The zero-order chi connectivity index (χ0) is 11.1. The third kappa shape index (κ3) is 6.13. The zero-order valence-corrected chi connectivity index (χ0v) is 10.1. The van der Waals surface area contributed by atoms with Gasteiger partial charge in [-0.2, -0.15) is 0 Å². The van der Waals surface area contributed by atoms with E-state index in [1.165, 1.54) is 13.0 Å². The maximum Gasteiger partial charge on any atom is 0.119 e. The van der Waals surface area contributed by atoms with E-state index >= 15 is 0 Å². The van der Waals surface area contributed by atoms with Crippen molar-refractivity contribution in [1.29, 1.82) is 0 Å². The summed E-state index contributed by atoms with van der Waals surface area (Å²) in [6.07, 6.45) is 2.35. The van der Waals surface area contributed by atoms with Crippen molar-refractivity contribution in [3.63, 3.8) is 0 Å². The zero-order valence-electron chi connectivity index (χ0n) is 10.1. The molecule has 15 heavy (non-hydrogen) atoms. The van der Waals surface area contributed by atoms with Gasteiger partial charge in [-0.15, -0.1) is 0 Å². The molecule has 0 radical (unpaired) electrons. The second kappa shape index (κ2) is 5.76. The second-order valence-electron chi connectivity index (χ2n) is 4.88. The molecule has 0 unspecified atom stereocenters. The van der Waals surface area contributed by atoms with Crippen LogP contribution >= 0.6 is 0 Å². The van der Waals surface area contributed by atoms with Crippen LogP contribution in [0.4, 0.5) is 0 Å². The SMILES string of the molecule is C[N+](C)(C)CCCCOc1ccccc1. The molecule has 0 bridgehead atoms. The minimum atomic E-state index is 0.823. The molecular formula is C13H22NO+. The fourth-order valence-electron chi connectivity index (χ4n) is 1.39. The van der Waals surface area contributed by atoms with Gasteiger partial charge in [0.2, 0.25) is 0 Å². The van der Waals surface area contributed by atoms with Crippen molar-refractivity contribution in [2.75, 3.05) is 34.3 Å². The summed E-state index contributed by atoms with van der Waals surface area (Å²) in [7, 11) is 6.66.